The summed E-state index contributed by atoms with van der Waals surface area (Å²) >= 11 is 1.43. The number of thioether (sulfide) groups is 1. The minimum atomic E-state index is -0.735. The molecule has 1 aliphatic rings. The molecule has 1 aliphatic heterocycles. The molecule has 13 heavy (non-hydrogen) atoms. The minimum Gasteiger partial charge on any atom is -0.481 e. The summed E-state index contributed by atoms with van der Waals surface area (Å²) in [6, 6.07) is 0. The third-order valence-electron chi connectivity index (χ3n) is 2.21. The van der Waals surface area contributed by atoms with Gasteiger partial charge < -0.3 is 5.11 Å². The first-order chi connectivity index (χ1) is 6.20. The molecule has 4 heteroatoms. The first kappa shape index (κ1) is 10.6. The van der Waals surface area contributed by atoms with E-state index in [0.717, 1.165) is 18.1 Å². The van der Waals surface area contributed by atoms with Crippen LogP contribution in [0.1, 0.15) is 26.2 Å². The van der Waals surface area contributed by atoms with Crippen molar-refractivity contribution in [3.05, 3.63) is 0 Å². The number of hydrogen-bond acceptors (Lipinski definition) is 2. The van der Waals surface area contributed by atoms with Crippen molar-refractivity contribution in [1.29, 1.82) is 0 Å². The molecule has 0 bridgehead atoms. The minimum absolute atomic E-state index is 0.183. The van der Waals surface area contributed by atoms with E-state index < -0.39 is 5.97 Å². The van der Waals surface area contributed by atoms with Crippen molar-refractivity contribution in [2.75, 3.05) is 18.8 Å². The van der Waals surface area contributed by atoms with Gasteiger partial charge in [-0.25, -0.2) is 4.58 Å². The van der Waals surface area contributed by atoms with Crippen LogP contribution < -0.4 is 0 Å². The number of carboxylic acid groups (broad SMARTS) is 1. The molecule has 1 heterocycles. The van der Waals surface area contributed by atoms with E-state index in [-0.39, 0.29) is 5.75 Å². The Labute approximate surface area is 82.8 Å². The van der Waals surface area contributed by atoms with Gasteiger partial charge in [0.25, 0.3) is 0 Å². The van der Waals surface area contributed by atoms with Crippen molar-refractivity contribution in [1.82, 2.24) is 0 Å². The van der Waals surface area contributed by atoms with E-state index in [4.69, 9.17) is 5.11 Å². The van der Waals surface area contributed by atoms with Crippen molar-refractivity contribution in [3.8, 4) is 0 Å². The number of nitrogens with zero attached hydrogens (tertiary/aromatic N) is 1. The summed E-state index contributed by atoms with van der Waals surface area (Å²) in [6.45, 7) is 4.20. The molecule has 0 aromatic heterocycles. The van der Waals surface area contributed by atoms with Gasteiger partial charge in [0, 0.05) is 19.8 Å². The molecule has 1 saturated heterocycles. The van der Waals surface area contributed by atoms with Crippen LogP contribution in [0.25, 0.3) is 0 Å². The second kappa shape index (κ2) is 5.27. The molecular weight excluding hydrogens is 186 g/mol. The molecule has 3 nitrogen and oxygen atoms in total. The summed E-state index contributed by atoms with van der Waals surface area (Å²) in [5.74, 6) is -0.552. The molecule has 0 amide bonds. The molecular formula is C9H16NO2S+. The third kappa shape index (κ3) is 3.81. The van der Waals surface area contributed by atoms with Crippen molar-refractivity contribution in [3.63, 3.8) is 0 Å². The highest BCUT2D eigenvalue weighted by atomic mass is 32.2. The van der Waals surface area contributed by atoms with Crippen molar-refractivity contribution < 1.29 is 14.5 Å². The van der Waals surface area contributed by atoms with E-state index >= 15 is 0 Å². The molecule has 0 spiro atoms. The van der Waals surface area contributed by atoms with Crippen LogP contribution in [0, 0.1) is 0 Å². The lowest BCUT2D eigenvalue weighted by Gasteiger charge is -2.11. The lowest BCUT2D eigenvalue weighted by atomic mass is 10.2. The van der Waals surface area contributed by atoms with Crippen molar-refractivity contribution in [2.24, 2.45) is 0 Å². The van der Waals surface area contributed by atoms with Crippen LogP contribution in [0.2, 0.25) is 0 Å². The quantitative estimate of drug-likeness (QED) is 0.544. The fourth-order valence-electron chi connectivity index (χ4n) is 1.47. The van der Waals surface area contributed by atoms with Crippen LogP contribution >= 0.6 is 11.8 Å². The average molecular weight is 202 g/mol. The highest BCUT2D eigenvalue weighted by Crippen LogP contribution is 2.09. The zero-order chi connectivity index (χ0) is 9.68. The van der Waals surface area contributed by atoms with E-state index in [1.54, 1.807) is 0 Å². The Balaban J connectivity index is 2.41. The Hall–Kier alpha value is -0.510. The topological polar surface area (TPSA) is 40.3 Å². The van der Waals surface area contributed by atoms with Crippen LogP contribution in [-0.4, -0.2) is 39.5 Å². The average Bonchev–Trinajstić information content (AvgIpc) is 2.15. The van der Waals surface area contributed by atoms with Crippen LogP contribution in [0.5, 0.6) is 0 Å². The van der Waals surface area contributed by atoms with Gasteiger partial charge in [0.2, 0.25) is 5.04 Å². The Morgan fingerprint density at radius 3 is 2.54 bits per heavy atom. The third-order valence-corrected chi connectivity index (χ3v) is 3.27. The maximum atomic E-state index is 10.3. The number of carboxylic acids is 1. The molecule has 0 aromatic carbocycles. The van der Waals surface area contributed by atoms with Gasteiger partial charge in [-0.1, -0.05) is 11.8 Å². The zero-order valence-electron chi connectivity index (χ0n) is 7.95. The van der Waals surface area contributed by atoms with Gasteiger partial charge in [0.15, 0.2) is 0 Å². The van der Waals surface area contributed by atoms with Crippen LogP contribution in [-0.2, 0) is 4.79 Å². The van der Waals surface area contributed by atoms with Gasteiger partial charge in [-0.3, -0.25) is 4.79 Å². The van der Waals surface area contributed by atoms with Gasteiger partial charge in [0.1, 0.15) is 18.8 Å². The predicted molar refractivity (Wildman–Crippen MR) is 54.6 cm³/mol. The summed E-state index contributed by atoms with van der Waals surface area (Å²) in [5.41, 5.74) is 0. The Kier molecular flexibility index (Phi) is 4.28. The van der Waals surface area contributed by atoms with E-state index in [1.807, 2.05) is 6.92 Å². The Morgan fingerprint density at radius 2 is 2.00 bits per heavy atom. The second-order valence-electron chi connectivity index (χ2n) is 3.25. The number of hydrogen-bond donors (Lipinski definition) is 1. The number of rotatable bonds is 2. The Morgan fingerprint density at radius 1 is 1.38 bits per heavy atom. The molecule has 0 aliphatic carbocycles. The lowest BCUT2D eigenvalue weighted by molar-refractivity contribution is -0.535. The van der Waals surface area contributed by atoms with Crippen LogP contribution in [0.3, 0.4) is 0 Å². The fourth-order valence-corrected chi connectivity index (χ4v) is 2.16. The first-order valence-electron chi connectivity index (χ1n) is 4.63. The normalized spacial score (nSPS) is 17.2. The van der Waals surface area contributed by atoms with E-state index in [1.165, 1.54) is 31.0 Å². The molecule has 0 unspecified atom stereocenters. The van der Waals surface area contributed by atoms with Crippen LogP contribution in [0.15, 0.2) is 0 Å². The molecule has 1 N–H and O–H groups in total. The van der Waals surface area contributed by atoms with Crippen LogP contribution in [0.4, 0.5) is 0 Å². The molecule has 0 aromatic rings. The van der Waals surface area contributed by atoms with Crippen molar-refractivity contribution in [2.45, 2.75) is 26.2 Å². The van der Waals surface area contributed by atoms with Gasteiger partial charge >= 0.3 is 5.97 Å². The molecule has 1 fully saturated rings. The molecule has 0 atom stereocenters. The SMILES string of the molecule is CC(SCC(=O)O)=[N+]1CCCCC1. The summed E-state index contributed by atoms with van der Waals surface area (Å²) in [4.78, 5) is 10.3. The van der Waals surface area contributed by atoms with Gasteiger partial charge in [-0.2, -0.15) is 0 Å². The zero-order valence-corrected chi connectivity index (χ0v) is 8.77. The molecule has 0 radical (unpaired) electrons. The Bertz CT molecular complexity index is 218. The first-order valence-corrected chi connectivity index (χ1v) is 5.62. The van der Waals surface area contributed by atoms with Gasteiger partial charge in [-0.05, 0) is 6.42 Å². The second-order valence-corrected chi connectivity index (χ2v) is 4.42. The summed E-state index contributed by atoms with van der Waals surface area (Å²) in [6.07, 6.45) is 3.79. The number of aliphatic carboxylic acids is 1. The van der Waals surface area contributed by atoms with E-state index in [9.17, 15) is 4.79 Å². The fraction of sp³-hybridized carbons (Fsp3) is 0.778. The standard InChI is InChI=1S/C9H15NO2S/c1-8(13-7-9(11)12)10-5-3-2-4-6-10/h2-7H2,1H3/p+1. The number of carbonyl (C=O) groups is 1. The smallest absolute Gasteiger partial charge is 0.314 e. The summed E-state index contributed by atoms with van der Waals surface area (Å²) < 4.78 is 2.29. The van der Waals surface area contributed by atoms with Crippen molar-refractivity contribution >= 4 is 22.8 Å². The lowest BCUT2D eigenvalue weighted by Crippen LogP contribution is -2.24. The van der Waals surface area contributed by atoms with Gasteiger partial charge in [0.05, 0.1) is 0 Å². The largest absolute Gasteiger partial charge is 0.481 e. The molecule has 74 valence electrons. The highest BCUT2D eigenvalue weighted by Gasteiger charge is 2.15. The summed E-state index contributed by atoms with van der Waals surface area (Å²) in [7, 11) is 0. The molecule has 1 rings (SSSR count). The number of piperidine rings is 1. The maximum absolute atomic E-state index is 10.3. The monoisotopic (exact) mass is 202 g/mol. The molecule has 0 saturated carbocycles. The van der Waals surface area contributed by atoms with E-state index in [2.05, 4.69) is 4.58 Å². The van der Waals surface area contributed by atoms with Gasteiger partial charge in [-0.15, -0.1) is 0 Å². The highest BCUT2D eigenvalue weighted by molar-refractivity contribution is 8.14. The summed E-state index contributed by atoms with van der Waals surface area (Å²) in [5, 5.41) is 9.66. The maximum Gasteiger partial charge on any atom is 0.314 e. The van der Waals surface area contributed by atoms with E-state index in [0.29, 0.717) is 0 Å². The predicted octanol–water partition coefficient (Wildman–Crippen LogP) is 1.42.